The van der Waals surface area contributed by atoms with Crippen LogP contribution in [0.15, 0.2) is 41.5 Å². The number of pyridine rings is 1. The van der Waals surface area contributed by atoms with Gasteiger partial charge in [-0.05, 0) is 48.6 Å². The number of hydrazine groups is 1. The summed E-state index contributed by atoms with van der Waals surface area (Å²) in [6.45, 7) is 3.31. The number of amides is 2. The van der Waals surface area contributed by atoms with Gasteiger partial charge in [0.15, 0.2) is 0 Å². The molecule has 3 N–H and O–H groups in total. The highest BCUT2D eigenvalue weighted by Gasteiger charge is 2.40. The van der Waals surface area contributed by atoms with Crippen LogP contribution < -0.4 is 10.6 Å². The van der Waals surface area contributed by atoms with Crippen molar-refractivity contribution in [2.24, 2.45) is 11.8 Å². The third kappa shape index (κ3) is 5.19. The fourth-order valence-corrected chi connectivity index (χ4v) is 5.65. The second kappa shape index (κ2) is 10.7. The molecule has 1 aromatic heterocycles. The van der Waals surface area contributed by atoms with Gasteiger partial charge in [0.05, 0.1) is 11.6 Å². The fraction of sp³-hybridized carbons (Fsp3) is 0.500. The van der Waals surface area contributed by atoms with E-state index >= 15 is 4.39 Å². The van der Waals surface area contributed by atoms with Crippen LogP contribution in [0, 0.1) is 11.8 Å². The van der Waals surface area contributed by atoms with Crippen LogP contribution in [-0.4, -0.2) is 64.7 Å². The monoisotopic (exact) mass is 517 g/mol. The normalized spacial score (nSPS) is 25.2. The van der Waals surface area contributed by atoms with Crippen LogP contribution in [0.5, 0.6) is 0 Å². The van der Waals surface area contributed by atoms with Gasteiger partial charge in [0.2, 0.25) is 11.8 Å². The Hall–Kier alpha value is -2.75. The summed E-state index contributed by atoms with van der Waals surface area (Å²) in [5.74, 6) is -0.676. The van der Waals surface area contributed by atoms with E-state index in [9.17, 15) is 14.7 Å². The Bertz CT molecular complexity index is 1150. The van der Waals surface area contributed by atoms with Gasteiger partial charge in [-0.15, -0.1) is 0 Å². The van der Waals surface area contributed by atoms with Gasteiger partial charge >= 0.3 is 0 Å². The molecule has 0 bridgehead atoms. The predicted molar refractivity (Wildman–Crippen MR) is 137 cm³/mol. The number of aliphatic hydroxyl groups excluding tert-OH is 1. The number of rotatable bonds is 6. The van der Waals surface area contributed by atoms with E-state index in [1.54, 1.807) is 11.1 Å². The molecule has 1 fully saturated rings. The number of carbonyl (C=O) groups excluding carboxylic acids is 2. The molecule has 0 radical (unpaired) electrons. The molecule has 0 saturated heterocycles. The van der Waals surface area contributed by atoms with Crippen LogP contribution in [0.25, 0.3) is 5.57 Å². The number of allylic oxidation sites excluding steroid dienone is 2. The number of anilines is 1. The van der Waals surface area contributed by atoms with Gasteiger partial charge in [-0.25, -0.2) is 14.4 Å². The Labute approximate surface area is 215 Å². The number of fused-ring (bicyclic) bond motifs is 1. The number of nitrogens with zero attached hydrogens (tertiary/aromatic N) is 3. The average Bonchev–Trinajstić information content (AvgIpc) is 3.09. The van der Waals surface area contributed by atoms with Gasteiger partial charge in [0, 0.05) is 56.4 Å². The third-order valence-electron chi connectivity index (χ3n) is 7.26. The van der Waals surface area contributed by atoms with Crippen LogP contribution >= 0.6 is 11.6 Å². The molecule has 2 heterocycles. The van der Waals surface area contributed by atoms with Gasteiger partial charge < -0.3 is 20.7 Å². The standard InChI is InChI=1S/C26H33ClFN5O3/c1-14(13-34)24-20-9-17(10-22(28)25(20)33(4)32(24)3)19-11-23(29-12-21(19)27)31-26(36)16-6-5-7-18(8-16)30-15(2)35/h9-12,14,16,18,25,34H,5-8,13H2,1-4H3,(H,30,35)(H,29,31,36)/t14?,16-,18+,25?/m0/s1. The first kappa shape index (κ1) is 26.3. The van der Waals surface area contributed by atoms with Crippen molar-refractivity contribution in [3.8, 4) is 0 Å². The molecule has 1 aromatic rings. The number of carbonyl (C=O) groups is 2. The smallest absolute Gasteiger partial charge is 0.228 e. The molecule has 0 aromatic carbocycles. The zero-order valence-electron chi connectivity index (χ0n) is 21.0. The van der Waals surface area contributed by atoms with E-state index in [1.165, 1.54) is 19.2 Å². The summed E-state index contributed by atoms with van der Waals surface area (Å²) in [5.41, 5.74) is 2.73. The maximum Gasteiger partial charge on any atom is 0.228 e. The van der Waals surface area contributed by atoms with E-state index in [1.807, 2.05) is 32.1 Å². The zero-order chi connectivity index (χ0) is 26.1. The van der Waals surface area contributed by atoms with Crippen molar-refractivity contribution in [2.75, 3.05) is 26.0 Å². The van der Waals surface area contributed by atoms with Crippen molar-refractivity contribution >= 4 is 34.8 Å². The lowest BCUT2D eigenvalue weighted by atomic mass is 9.85. The summed E-state index contributed by atoms with van der Waals surface area (Å²) in [6.07, 6.45) is 7.82. The lowest BCUT2D eigenvalue weighted by Crippen LogP contribution is -2.40. The van der Waals surface area contributed by atoms with Crippen LogP contribution in [0.3, 0.4) is 0 Å². The number of nitrogens with one attached hydrogen (secondary N) is 2. The first-order valence-corrected chi connectivity index (χ1v) is 12.6. The van der Waals surface area contributed by atoms with Gasteiger partial charge in [-0.1, -0.05) is 24.9 Å². The van der Waals surface area contributed by atoms with Crippen molar-refractivity contribution in [2.45, 2.75) is 51.6 Å². The van der Waals surface area contributed by atoms with E-state index in [0.717, 1.165) is 30.5 Å². The molecule has 0 spiro atoms. The highest BCUT2D eigenvalue weighted by Crippen LogP contribution is 2.42. The zero-order valence-corrected chi connectivity index (χ0v) is 21.8. The van der Waals surface area contributed by atoms with Crippen LogP contribution in [-0.2, 0) is 9.59 Å². The molecular weight excluding hydrogens is 485 g/mol. The number of hydrogen-bond donors (Lipinski definition) is 3. The number of aliphatic hydroxyl groups is 1. The first-order chi connectivity index (χ1) is 17.1. The number of aromatic nitrogens is 1. The minimum atomic E-state index is -0.564. The first-order valence-electron chi connectivity index (χ1n) is 12.2. The number of likely N-dealkylation sites (N-methyl/N-ethyl adjacent to an activating group) is 1. The van der Waals surface area contributed by atoms with Crippen molar-refractivity contribution in [3.63, 3.8) is 0 Å². The van der Waals surface area contributed by atoms with Gasteiger partial charge in [0.25, 0.3) is 0 Å². The van der Waals surface area contributed by atoms with Crippen molar-refractivity contribution < 1.29 is 19.1 Å². The molecule has 2 unspecified atom stereocenters. The Balaban J connectivity index is 1.60. The Morgan fingerprint density at radius 1 is 1.31 bits per heavy atom. The quantitative estimate of drug-likeness (QED) is 0.533. The molecule has 10 heteroatoms. The molecule has 1 saturated carbocycles. The fourth-order valence-electron chi connectivity index (χ4n) is 5.44. The van der Waals surface area contributed by atoms with Crippen molar-refractivity contribution in [1.29, 1.82) is 0 Å². The highest BCUT2D eigenvalue weighted by atomic mass is 35.5. The Morgan fingerprint density at radius 2 is 2.06 bits per heavy atom. The van der Waals surface area contributed by atoms with E-state index in [2.05, 4.69) is 15.6 Å². The molecule has 2 amide bonds. The molecule has 4 rings (SSSR count). The molecule has 2 aliphatic carbocycles. The van der Waals surface area contributed by atoms with Crippen molar-refractivity contribution in [3.05, 3.63) is 52.1 Å². The summed E-state index contributed by atoms with van der Waals surface area (Å²) in [6, 6.07) is 1.08. The molecule has 194 valence electrons. The molecule has 8 nitrogen and oxygen atoms in total. The van der Waals surface area contributed by atoms with E-state index in [0.29, 0.717) is 28.4 Å². The maximum atomic E-state index is 15.3. The van der Waals surface area contributed by atoms with E-state index < -0.39 is 6.04 Å². The van der Waals surface area contributed by atoms with Crippen LogP contribution in [0.4, 0.5) is 10.2 Å². The lowest BCUT2D eigenvalue weighted by molar-refractivity contribution is -0.123. The largest absolute Gasteiger partial charge is 0.396 e. The summed E-state index contributed by atoms with van der Waals surface area (Å²) in [4.78, 5) is 28.6. The molecule has 36 heavy (non-hydrogen) atoms. The molecule has 4 atom stereocenters. The van der Waals surface area contributed by atoms with Gasteiger partial charge in [0.1, 0.15) is 17.7 Å². The molecular formula is C26H33ClFN5O3. The van der Waals surface area contributed by atoms with E-state index in [-0.39, 0.29) is 42.1 Å². The predicted octanol–water partition coefficient (Wildman–Crippen LogP) is 3.66. The number of halogens is 2. The van der Waals surface area contributed by atoms with Crippen LogP contribution in [0.1, 0.15) is 45.1 Å². The van der Waals surface area contributed by atoms with Gasteiger partial charge in [-0.3, -0.25) is 9.59 Å². The number of hydrogen-bond acceptors (Lipinski definition) is 6. The Morgan fingerprint density at radius 3 is 2.75 bits per heavy atom. The Kier molecular flexibility index (Phi) is 7.82. The summed E-state index contributed by atoms with van der Waals surface area (Å²) < 4.78 is 15.3. The second-order valence-corrected chi connectivity index (χ2v) is 10.3. The summed E-state index contributed by atoms with van der Waals surface area (Å²) in [7, 11) is 3.66. The molecule has 3 aliphatic rings. The molecule has 1 aliphatic heterocycles. The highest BCUT2D eigenvalue weighted by molar-refractivity contribution is 6.32. The average molecular weight is 518 g/mol. The minimum absolute atomic E-state index is 0.0133. The lowest BCUT2D eigenvalue weighted by Gasteiger charge is -2.30. The topological polar surface area (TPSA) is 97.8 Å². The third-order valence-corrected chi connectivity index (χ3v) is 7.56. The SMILES string of the molecule is CC(=O)N[C@@H]1CCC[C@H](C(=O)Nc2cc(C3=CC4=C(C(C)CO)N(C)N(C)C4C(F)=C3)c(Cl)cn2)C1. The van der Waals surface area contributed by atoms with Crippen LogP contribution in [0.2, 0.25) is 5.02 Å². The van der Waals surface area contributed by atoms with Gasteiger partial charge in [-0.2, -0.15) is 0 Å². The second-order valence-electron chi connectivity index (χ2n) is 9.85. The summed E-state index contributed by atoms with van der Waals surface area (Å²) >= 11 is 6.47. The maximum absolute atomic E-state index is 15.3. The van der Waals surface area contributed by atoms with E-state index in [4.69, 9.17) is 11.6 Å². The summed E-state index contributed by atoms with van der Waals surface area (Å²) in [5, 5.41) is 19.6. The minimum Gasteiger partial charge on any atom is -0.396 e. The van der Waals surface area contributed by atoms with Crippen molar-refractivity contribution in [1.82, 2.24) is 20.3 Å².